The van der Waals surface area contributed by atoms with Gasteiger partial charge in [0.1, 0.15) is 17.8 Å². The minimum absolute atomic E-state index is 0.201. The molecule has 2 atom stereocenters. The maximum absolute atomic E-state index is 12.8. The van der Waals surface area contributed by atoms with E-state index in [1.54, 1.807) is 24.3 Å². The fourth-order valence-electron chi connectivity index (χ4n) is 3.35. The van der Waals surface area contributed by atoms with Gasteiger partial charge in [-0.15, -0.1) is 0 Å². The van der Waals surface area contributed by atoms with Crippen LogP contribution >= 0.6 is 11.6 Å². The van der Waals surface area contributed by atoms with E-state index in [0.29, 0.717) is 29.3 Å². The first-order chi connectivity index (χ1) is 14.0. The molecule has 8 nitrogen and oxygen atoms in total. The Bertz CT molecular complexity index is 955. The Kier molecular flexibility index (Phi) is 5.35. The fraction of sp³-hybridized carbons (Fsp3) is 0.300. The van der Waals surface area contributed by atoms with Crippen LogP contribution in [0, 0.1) is 0 Å². The van der Waals surface area contributed by atoms with E-state index in [4.69, 9.17) is 20.8 Å². The predicted octanol–water partition coefficient (Wildman–Crippen LogP) is 2.43. The minimum Gasteiger partial charge on any atom is -0.467 e. The van der Waals surface area contributed by atoms with Crippen LogP contribution in [0.25, 0.3) is 0 Å². The van der Waals surface area contributed by atoms with Crippen molar-refractivity contribution in [1.29, 1.82) is 0 Å². The van der Waals surface area contributed by atoms with Crippen LogP contribution in [-0.4, -0.2) is 41.2 Å². The third-order valence-corrected chi connectivity index (χ3v) is 5.08. The molecule has 3 heterocycles. The SMILES string of the molecule is O=C1CC[C@@H](C(=O)OCC(=O)N2N=C(c3ccc(Cl)cc3)C[C@@H]2c2ccco2)N1. The Labute approximate surface area is 171 Å². The van der Waals surface area contributed by atoms with E-state index in [0.717, 1.165) is 5.56 Å². The molecule has 1 aromatic heterocycles. The van der Waals surface area contributed by atoms with E-state index in [9.17, 15) is 14.4 Å². The number of hydrogen-bond acceptors (Lipinski definition) is 6. The highest BCUT2D eigenvalue weighted by atomic mass is 35.5. The van der Waals surface area contributed by atoms with E-state index in [1.165, 1.54) is 11.3 Å². The van der Waals surface area contributed by atoms with E-state index >= 15 is 0 Å². The second kappa shape index (κ2) is 8.08. The number of carbonyl (C=O) groups is 3. The van der Waals surface area contributed by atoms with Gasteiger partial charge in [-0.3, -0.25) is 9.59 Å². The molecule has 1 saturated heterocycles. The van der Waals surface area contributed by atoms with E-state index in [-0.39, 0.29) is 12.3 Å². The van der Waals surface area contributed by atoms with Crippen molar-refractivity contribution in [1.82, 2.24) is 10.3 Å². The molecule has 1 aromatic carbocycles. The highest BCUT2D eigenvalue weighted by Crippen LogP contribution is 2.33. The van der Waals surface area contributed by atoms with Gasteiger partial charge in [0.25, 0.3) is 5.91 Å². The molecule has 0 bridgehead atoms. The monoisotopic (exact) mass is 415 g/mol. The molecule has 2 aromatic rings. The van der Waals surface area contributed by atoms with Crippen molar-refractivity contribution >= 4 is 35.1 Å². The first kappa shape index (κ1) is 19.2. The van der Waals surface area contributed by atoms with Gasteiger partial charge in [-0.05, 0) is 36.2 Å². The summed E-state index contributed by atoms with van der Waals surface area (Å²) in [5.41, 5.74) is 1.54. The molecule has 1 N–H and O–H groups in total. The lowest BCUT2D eigenvalue weighted by Gasteiger charge is -2.20. The normalized spacial score (nSPS) is 21.1. The smallest absolute Gasteiger partial charge is 0.329 e. The molecule has 4 rings (SSSR count). The van der Waals surface area contributed by atoms with E-state index < -0.39 is 30.6 Å². The van der Waals surface area contributed by atoms with Crippen molar-refractivity contribution in [3.63, 3.8) is 0 Å². The van der Waals surface area contributed by atoms with Gasteiger partial charge in [-0.2, -0.15) is 5.10 Å². The number of ether oxygens (including phenoxy) is 1. The molecule has 0 spiro atoms. The number of hydrazone groups is 1. The zero-order chi connectivity index (χ0) is 20.4. The summed E-state index contributed by atoms with van der Waals surface area (Å²) in [6.07, 6.45) is 2.62. The zero-order valence-electron chi connectivity index (χ0n) is 15.3. The molecule has 2 amide bonds. The molecule has 0 unspecified atom stereocenters. The van der Waals surface area contributed by atoms with Crippen LogP contribution in [0.1, 0.15) is 36.6 Å². The number of furan rings is 1. The van der Waals surface area contributed by atoms with Gasteiger partial charge >= 0.3 is 5.97 Å². The molecule has 29 heavy (non-hydrogen) atoms. The predicted molar refractivity (Wildman–Crippen MR) is 103 cm³/mol. The molecule has 0 radical (unpaired) electrons. The molecule has 150 valence electrons. The van der Waals surface area contributed by atoms with Crippen molar-refractivity contribution in [3.8, 4) is 0 Å². The first-order valence-electron chi connectivity index (χ1n) is 9.16. The molecule has 0 aliphatic carbocycles. The largest absolute Gasteiger partial charge is 0.467 e. The number of rotatable bonds is 5. The molecule has 9 heteroatoms. The summed E-state index contributed by atoms with van der Waals surface area (Å²) >= 11 is 5.95. The van der Waals surface area contributed by atoms with E-state index in [2.05, 4.69) is 10.4 Å². The van der Waals surface area contributed by atoms with Crippen LogP contribution in [0.4, 0.5) is 0 Å². The van der Waals surface area contributed by atoms with Crippen molar-refractivity contribution in [2.45, 2.75) is 31.3 Å². The van der Waals surface area contributed by atoms with Gasteiger partial charge < -0.3 is 14.5 Å². The molecule has 2 aliphatic heterocycles. The summed E-state index contributed by atoms with van der Waals surface area (Å²) in [6, 6.07) is 9.53. The van der Waals surface area contributed by atoms with Gasteiger partial charge in [-0.1, -0.05) is 23.7 Å². The van der Waals surface area contributed by atoms with Crippen LogP contribution in [-0.2, 0) is 19.1 Å². The van der Waals surface area contributed by atoms with Crippen LogP contribution in [0.3, 0.4) is 0 Å². The van der Waals surface area contributed by atoms with Gasteiger partial charge in [-0.25, -0.2) is 9.80 Å². The van der Waals surface area contributed by atoms with Crippen molar-refractivity contribution in [3.05, 3.63) is 59.0 Å². The third-order valence-electron chi connectivity index (χ3n) is 4.83. The Morgan fingerprint density at radius 3 is 2.72 bits per heavy atom. The topological polar surface area (TPSA) is 101 Å². The van der Waals surface area contributed by atoms with Crippen molar-refractivity contribution in [2.24, 2.45) is 5.10 Å². The standard InChI is InChI=1S/C20H18ClN3O5/c21-13-5-3-12(4-6-13)15-10-16(17-2-1-9-28-17)24(23-15)19(26)11-29-20(27)14-7-8-18(25)22-14/h1-6,9,14,16H,7-8,10-11H2,(H,22,25)/t14-,16+/m0/s1. The molecule has 1 fully saturated rings. The Balaban J connectivity index is 1.48. The second-order valence-electron chi connectivity index (χ2n) is 6.79. The van der Waals surface area contributed by atoms with Gasteiger partial charge in [0, 0.05) is 17.9 Å². The van der Waals surface area contributed by atoms with Gasteiger partial charge in [0.2, 0.25) is 5.91 Å². The number of halogens is 1. The molecule has 2 aliphatic rings. The maximum Gasteiger partial charge on any atom is 0.329 e. The zero-order valence-corrected chi connectivity index (χ0v) is 16.1. The van der Waals surface area contributed by atoms with Crippen molar-refractivity contribution in [2.75, 3.05) is 6.61 Å². The van der Waals surface area contributed by atoms with Gasteiger partial charge in [0.05, 0.1) is 12.0 Å². The Morgan fingerprint density at radius 2 is 2.07 bits per heavy atom. The lowest BCUT2D eigenvalue weighted by Crippen LogP contribution is -2.37. The summed E-state index contributed by atoms with van der Waals surface area (Å²) in [5, 5.41) is 8.85. The minimum atomic E-state index is -0.706. The summed E-state index contributed by atoms with van der Waals surface area (Å²) < 4.78 is 10.6. The molecular weight excluding hydrogens is 398 g/mol. The Morgan fingerprint density at radius 1 is 1.28 bits per heavy atom. The average Bonchev–Trinajstić information content (AvgIpc) is 3.46. The number of hydrogen-bond donors (Lipinski definition) is 1. The summed E-state index contributed by atoms with van der Waals surface area (Å²) in [5.74, 6) is -0.721. The highest BCUT2D eigenvalue weighted by Gasteiger charge is 2.36. The molecular formula is C20H18ClN3O5. The number of nitrogens with one attached hydrogen (secondary N) is 1. The number of amides is 2. The van der Waals surface area contributed by atoms with Crippen LogP contribution < -0.4 is 5.32 Å². The summed E-state index contributed by atoms with van der Waals surface area (Å²) in [4.78, 5) is 36.1. The highest BCUT2D eigenvalue weighted by molar-refractivity contribution is 6.30. The summed E-state index contributed by atoms with van der Waals surface area (Å²) in [6.45, 7) is -0.472. The lowest BCUT2D eigenvalue weighted by atomic mass is 10.0. The van der Waals surface area contributed by atoms with Crippen LogP contribution in [0.2, 0.25) is 5.02 Å². The number of esters is 1. The van der Waals surface area contributed by atoms with Crippen molar-refractivity contribution < 1.29 is 23.5 Å². The quantitative estimate of drug-likeness (QED) is 0.756. The third kappa shape index (κ3) is 4.17. The summed E-state index contributed by atoms with van der Waals surface area (Å²) in [7, 11) is 0. The maximum atomic E-state index is 12.8. The Hall–Kier alpha value is -3.13. The molecule has 0 saturated carbocycles. The number of benzene rings is 1. The fourth-order valence-corrected chi connectivity index (χ4v) is 3.48. The van der Waals surface area contributed by atoms with Gasteiger partial charge in [0.15, 0.2) is 6.61 Å². The lowest BCUT2D eigenvalue weighted by molar-refractivity contribution is -0.154. The first-order valence-corrected chi connectivity index (χ1v) is 9.54. The number of carbonyl (C=O) groups excluding carboxylic acids is 3. The van der Waals surface area contributed by atoms with Crippen LogP contribution in [0.15, 0.2) is 52.2 Å². The average molecular weight is 416 g/mol. The van der Waals surface area contributed by atoms with E-state index in [1.807, 2.05) is 12.1 Å². The van der Waals surface area contributed by atoms with Crippen LogP contribution in [0.5, 0.6) is 0 Å². The number of nitrogens with zero attached hydrogens (tertiary/aromatic N) is 2. The second-order valence-corrected chi connectivity index (χ2v) is 7.23.